The quantitative estimate of drug-likeness (QED) is 0.877. The fourth-order valence-electron chi connectivity index (χ4n) is 1.93. The Labute approximate surface area is 104 Å². The van der Waals surface area contributed by atoms with Crippen molar-refractivity contribution in [2.45, 2.75) is 12.8 Å². The number of nitrogens with two attached hydrogens (primary N) is 1. The molecule has 16 heavy (non-hydrogen) atoms. The van der Waals surface area contributed by atoms with Gasteiger partial charge in [-0.25, -0.2) is 4.98 Å². The summed E-state index contributed by atoms with van der Waals surface area (Å²) < 4.78 is 0. The summed E-state index contributed by atoms with van der Waals surface area (Å²) in [6.07, 6.45) is 2.30. The third-order valence-corrected chi connectivity index (χ3v) is 4.21. The van der Waals surface area contributed by atoms with Crippen LogP contribution in [0.1, 0.15) is 17.7 Å². The lowest BCUT2D eigenvalue weighted by Gasteiger charge is -2.31. The van der Waals surface area contributed by atoms with Crippen LogP contribution in [0.3, 0.4) is 0 Å². The number of nitriles is 1. The van der Waals surface area contributed by atoms with E-state index in [-0.39, 0.29) is 0 Å². The average Bonchev–Trinajstić information content (AvgIpc) is 2.71. The molecule has 0 aliphatic carbocycles. The van der Waals surface area contributed by atoms with Crippen LogP contribution >= 0.6 is 22.9 Å². The predicted molar refractivity (Wildman–Crippen MR) is 65.8 cm³/mol. The molecule has 6 heteroatoms. The Balaban J connectivity index is 2.14. The van der Waals surface area contributed by atoms with Crippen molar-refractivity contribution >= 4 is 28.1 Å². The minimum atomic E-state index is 0.317. The lowest BCUT2D eigenvalue weighted by molar-refractivity contribution is 0.423. The van der Waals surface area contributed by atoms with Crippen LogP contribution in [0.4, 0.5) is 5.13 Å². The summed E-state index contributed by atoms with van der Waals surface area (Å²) in [7, 11) is 0. The highest BCUT2D eigenvalue weighted by atomic mass is 35.5. The summed E-state index contributed by atoms with van der Waals surface area (Å²) in [5.74, 6) is 0.530. The third-order valence-electron chi connectivity index (χ3n) is 2.80. The van der Waals surface area contributed by atoms with Crippen molar-refractivity contribution in [3.05, 3.63) is 10.0 Å². The highest BCUT2D eigenvalue weighted by Crippen LogP contribution is 2.31. The van der Waals surface area contributed by atoms with Crippen molar-refractivity contribution in [3.63, 3.8) is 0 Å². The van der Waals surface area contributed by atoms with E-state index >= 15 is 0 Å². The predicted octanol–water partition coefficient (Wildman–Crippen LogP) is 1.84. The van der Waals surface area contributed by atoms with Crippen molar-refractivity contribution in [1.82, 2.24) is 4.98 Å². The minimum Gasteiger partial charge on any atom is -0.348 e. The zero-order valence-corrected chi connectivity index (χ0v) is 10.4. The van der Waals surface area contributed by atoms with Crippen molar-refractivity contribution in [2.75, 3.05) is 24.5 Å². The van der Waals surface area contributed by atoms with E-state index in [0.717, 1.165) is 24.6 Å². The molecule has 1 unspecified atom stereocenters. The molecule has 2 rings (SSSR count). The first-order valence-corrected chi connectivity index (χ1v) is 6.45. The van der Waals surface area contributed by atoms with Crippen molar-refractivity contribution in [2.24, 2.45) is 11.7 Å². The molecule has 86 valence electrons. The SMILES string of the molecule is N#Cc1sc(N2CCCC(CN)C2)nc1Cl. The fraction of sp³-hybridized carbons (Fsp3) is 0.600. The Morgan fingerprint density at radius 1 is 1.69 bits per heavy atom. The van der Waals surface area contributed by atoms with E-state index in [9.17, 15) is 0 Å². The van der Waals surface area contributed by atoms with Gasteiger partial charge in [0.05, 0.1) is 0 Å². The van der Waals surface area contributed by atoms with Crippen LogP contribution < -0.4 is 10.6 Å². The molecule has 0 bridgehead atoms. The van der Waals surface area contributed by atoms with E-state index in [1.807, 2.05) is 0 Å². The monoisotopic (exact) mass is 256 g/mol. The first-order valence-electron chi connectivity index (χ1n) is 5.26. The van der Waals surface area contributed by atoms with Gasteiger partial charge in [-0.2, -0.15) is 5.26 Å². The van der Waals surface area contributed by atoms with Gasteiger partial charge >= 0.3 is 0 Å². The number of nitrogens with zero attached hydrogens (tertiary/aromatic N) is 3. The molecule has 1 aromatic heterocycles. The van der Waals surface area contributed by atoms with Gasteiger partial charge in [0.1, 0.15) is 10.9 Å². The normalized spacial score (nSPS) is 20.8. The van der Waals surface area contributed by atoms with E-state index in [1.54, 1.807) is 0 Å². The first kappa shape index (κ1) is 11.6. The molecule has 1 atom stereocenters. The highest BCUT2D eigenvalue weighted by Gasteiger charge is 2.22. The molecule has 2 N–H and O–H groups in total. The van der Waals surface area contributed by atoms with Crippen molar-refractivity contribution in [3.8, 4) is 6.07 Å². The second-order valence-corrected chi connectivity index (χ2v) is 5.25. The zero-order chi connectivity index (χ0) is 11.5. The Hall–Kier alpha value is -0.830. The van der Waals surface area contributed by atoms with Crippen LogP contribution in [0, 0.1) is 17.2 Å². The van der Waals surface area contributed by atoms with E-state index in [4.69, 9.17) is 22.6 Å². The van der Waals surface area contributed by atoms with E-state index in [1.165, 1.54) is 17.8 Å². The van der Waals surface area contributed by atoms with Gasteiger partial charge in [0.25, 0.3) is 0 Å². The number of piperidine rings is 1. The molecule has 0 radical (unpaired) electrons. The van der Waals surface area contributed by atoms with E-state index in [2.05, 4.69) is 16.0 Å². The summed E-state index contributed by atoms with van der Waals surface area (Å²) in [6, 6.07) is 2.05. The second kappa shape index (κ2) is 5.00. The lowest BCUT2D eigenvalue weighted by Crippen LogP contribution is -2.38. The van der Waals surface area contributed by atoms with Gasteiger partial charge in [-0.1, -0.05) is 22.9 Å². The minimum absolute atomic E-state index is 0.317. The molecule has 1 aromatic rings. The molecule has 1 fully saturated rings. The van der Waals surface area contributed by atoms with Crippen molar-refractivity contribution in [1.29, 1.82) is 5.26 Å². The molecular formula is C10H13ClN4S. The fourth-order valence-corrected chi connectivity index (χ4v) is 3.00. The van der Waals surface area contributed by atoms with Crippen LogP contribution in [-0.4, -0.2) is 24.6 Å². The molecule has 1 aliphatic rings. The molecule has 4 nitrogen and oxygen atoms in total. The number of hydrogen-bond donors (Lipinski definition) is 1. The molecule has 0 spiro atoms. The van der Waals surface area contributed by atoms with E-state index in [0.29, 0.717) is 22.5 Å². The van der Waals surface area contributed by atoms with Crippen LogP contribution in [0.2, 0.25) is 5.15 Å². The van der Waals surface area contributed by atoms with Crippen LogP contribution in [-0.2, 0) is 0 Å². The smallest absolute Gasteiger partial charge is 0.188 e. The molecule has 0 amide bonds. The van der Waals surface area contributed by atoms with Crippen molar-refractivity contribution < 1.29 is 0 Å². The molecular weight excluding hydrogens is 244 g/mol. The Morgan fingerprint density at radius 3 is 3.12 bits per heavy atom. The maximum absolute atomic E-state index is 8.83. The topological polar surface area (TPSA) is 65.9 Å². The molecule has 1 aliphatic heterocycles. The standard InChI is InChI=1S/C10H13ClN4S/c11-9-8(5-13)16-10(14-9)15-3-1-2-7(4-12)6-15/h7H,1-4,6,12H2. The number of halogens is 1. The summed E-state index contributed by atoms with van der Waals surface area (Å²) in [4.78, 5) is 6.89. The third kappa shape index (κ3) is 2.29. The van der Waals surface area contributed by atoms with Gasteiger partial charge < -0.3 is 10.6 Å². The van der Waals surface area contributed by atoms with Crippen LogP contribution in [0.5, 0.6) is 0 Å². The van der Waals surface area contributed by atoms with E-state index < -0.39 is 0 Å². The second-order valence-electron chi connectivity index (χ2n) is 3.92. The Bertz CT molecular complexity index is 411. The summed E-state index contributed by atoms with van der Waals surface area (Å²) in [6.45, 7) is 2.61. The number of anilines is 1. The maximum Gasteiger partial charge on any atom is 0.188 e. The largest absolute Gasteiger partial charge is 0.348 e. The van der Waals surface area contributed by atoms with Gasteiger partial charge in [-0.15, -0.1) is 0 Å². The highest BCUT2D eigenvalue weighted by molar-refractivity contribution is 7.16. The van der Waals surface area contributed by atoms with Gasteiger partial charge in [0.2, 0.25) is 0 Å². The number of hydrogen-bond acceptors (Lipinski definition) is 5. The van der Waals surface area contributed by atoms with Gasteiger partial charge in [-0.3, -0.25) is 0 Å². The molecule has 1 saturated heterocycles. The van der Waals surface area contributed by atoms with Crippen LogP contribution in [0.25, 0.3) is 0 Å². The maximum atomic E-state index is 8.83. The Kier molecular flexibility index (Phi) is 3.64. The van der Waals surface area contributed by atoms with Gasteiger partial charge in [-0.05, 0) is 25.3 Å². The molecule has 0 saturated carbocycles. The summed E-state index contributed by atoms with van der Waals surface area (Å²) in [5.41, 5.74) is 5.68. The Morgan fingerprint density at radius 2 is 2.50 bits per heavy atom. The molecule has 2 heterocycles. The zero-order valence-electron chi connectivity index (χ0n) is 8.82. The lowest BCUT2D eigenvalue weighted by atomic mass is 9.99. The number of thiazole rings is 1. The summed E-state index contributed by atoms with van der Waals surface area (Å²) >= 11 is 7.22. The summed E-state index contributed by atoms with van der Waals surface area (Å²) in [5, 5.41) is 9.99. The van der Waals surface area contributed by atoms with Crippen LogP contribution in [0.15, 0.2) is 0 Å². The average molecular weight is 257 g/mol. The number of aromatic nitrogens is 1. The first-order chi connectivity index (χ1) is 7.74. The van der Waals surface area contributed by atoms with Gasteiger partial charge in [0.15, 0.2) is 10.3 Å². The molecule has 0 aromatic carbocycles. The van der Waals surface area contributed by atoms with Gasteiger partial charge in [0, 0.05) is 13.1 Å². The number of rotatable bonds is 2.